The van der Waals surface area contributed by atoms with Crippen molar-refractivity contribution in [2.24, 2.45) is 0 Å². The molecule has 1 aliphatic rings. The summed E-state index contributed by atoms with van der Waals surface area (Å²) < 4.78 is 24.1. The van der Waals surface area contributed by atoms with E-state index in [0.717, 1.165) is 5.69 Å². The lowest BCUT2D eigenvalue weighted by Crippen LogP contribution is -2.48. The number of sulfone groups is 1. The SMILES string of the molecule is CC(C)(C)S(=O)(=O)c1ccc(N2CCN(C(=O)c3cccc(Cl)c3)CC2)cn1. The van der Waals surface area contributed by atoms with Crippen LogP contribution in [-0.2, 0) is 9.84 Å². The van der Waals surface area contributed by atoms with Crippen molar-refractivity contribution >= 4 is 33.0 Å². The second-order valence-corrected chi connectivity index (χ2v) is 10.8. The van der Waals surface area contributed by atoms with Gasteiger partial charge in [-0.2, -0.15) is 0 Å². The lowest BCUT2D eigenvalue weighted by atomic mass is 10.2. The van der Waals surface area contributed by atoms with E-state index in [9.17, 15) is 13.2 Å². The molecular weight excluding hydrogens is 398 g/mol. The summed E-state index contributed by atoms with van der Waals surface area (Å²) in [5.74, 6) is -0.0353. The molecule has 0 aliphatic carbocycles. The Hall–Kier alpha value is -2.12. The molecule has 1 aliphatic heterocycles. The average Bonchev–Trinajstić information content (AvgIpc) is 2.67. The Morgan fingerprint density at radius 1 is 1.07 bits per heavy atom. The topological polar surface area (TPSA) is 70.6 Å². The molecule has 1 saturated heterocycles. The highest BCUT2D eigenvalue weighted by Crippen LogP contribution is 2.25. The molecule has 2 aromatic rings. The third-order valence-corrected chi connectivity index (χ3v) is 7.45. The number of hydrogen-bond acceptors (Lipinski definition) is 5. The first-order valence-corrected chi connectivity index (χ1v) is 11.0. The number of hydrogen-bond donors (Lipinski definition) is 0. The maximum atomic E-state index is 12.6. The van der Waals surface area contributed by atoms with Crippen molar-refractivity contribution in [2.45, 2.75) is 30.5 Å². The minimum Gasteiger partial charge on any atom is -0.367 e. The summed E-state index contributed by atoms with van der Waals surface area (Å²) in [4.78, 5) is 20.7. The van der Waals surface area contributed by atoms with Crippen molar-refractivity contribution in [3.8, 4) is 0 Å². The number of rotatable bonds is 3. The Kier molecular flexibility index (Phi) is 5.68. The van der Waals surface area contributed by atoms with E-state index in [2.05, 4.69) is 9.88 Å². The van der Waals surface area contributed by atoms with Crippen LogP contribution in [0.1, 0.15) is 31.1 Å². The number of piperazine rings is 1. The third kappa shape index (κ3) is 4.15. The monoisotopic (exact) mass is 421 g/mol. The second-order valence-electron chi connectivity index (χ2n) is 7.76. The molecule has 0 spiro atoms. The molecule has 6 nitrogen and oxygen atoms in total. The van der Waals surface area contributed by atoms with Gasteiger partial charge in [0.2, 0.25) is 0 Å². The van der Waals surface area contributed by atoms with Crippen LogP contribution < -0.4 is 4.90 Å². The van der Waals surface area contributed by atoms with E-state index in [0.29, 0.717) is 36.8 Å². The van der Waals surface area contributed by atoms with Crippen molar-refractivity contribution in [2.75, 3.05) is 31.1 Å². The molecule has 0 saturated carbocycles. The zero-order valence-electron chi connectivity index (χ0n) is 16.2. The van der Waals surface area contributed by atoms with Gasteiger partial charge < -0.3 is 9.80 Å². The van der Waals surface area contributed by atoms with Crippen LogP contribution in [0, 0.1) is 0 Å². The molecule has 2 heterocycles. The Morgan fingerprint density at radius 3 is 2.29 bits per heavy atom. The highest BCUT2D eigenvalue weighted by Gasteiger charge is 2.32. The molecule has 0 bridgehead atoms. The number of benzene rings is 1. The van der Waals surface area contributed by atoms with Gasteiger partial charge >= 0.3 is 0 Å². The maximum absolute atomic E-state index is 12.6. The summed E-state index contributed by atoms with van der Waals surface area (Å²) in [6, 6.07) is 10.3. The molecule has 150 valence electrons. The number of aromatic nitrogens is 1. The van der Waals surface area contributed by atoms with Gasteiger partial charge in [0.25, 0.3) is 5.91 Å². The highest BCUT2D eigenvalue weighted by molar-refractivity contribution is 7.92. The normalized spacial score (nSPS) is 15.6. The van der Waals surface area contributed by atoms with Crippen molar-refractivity contribution in [3.63, 3.8) is 0 Å². The summed E-state index contributed by atoms with van der Waals surface area (Å²) in [5, 5.41) is 0.624. The number of nitrogens with zero attached hydrogens (tertiary/aromatic N) is 3. The number of halogens is 1. The minimum absolute atomic E-state index is 0.0353. The first kappa shape index (κ1) is 20.6. The van der Waals surface area contributed by atoms with Gasteiger partial charge in [0.1, 0.15) is 0 Å². The van der Waals surface area contributed by atoms with Crippen LogP contribution in [0.5, 0.6) is 0 Å². The Labute approximate surface area is 171 Å². The highest BCUT2D eigenvalue weighted by atomic mass is 35.5. The molecule has 0 atom stereocenters. The van der Waals surface area contributed by atoms with E-state index >= 15 is 0 Å². The minimum atomic E-state index is -3.47. The number of pyridine rings is 1. The van der Waals surface area contributed by atoms with E-state index in [1.807, 2.05) is 0 Å². The van der Waals surface area contributed by atoms with E-state index in [-0.39, 0.29) is 10.9 Å². The summed E-state index contributed by atoms with van der Waals surface area (Å²) >= 11 is 5.98. The van der Waals surface area contributed by atoms with Crippen LogP contribution in [0.4, 0.5) is 5.69 Å². The number of carbonyl (C=O) groups excluding carboxylic acids is 1. The van der Waals surface area contributed by atoms with Crippen LogP contribution in [-0.4, -0.2) is 55.1 Å². The zero-order valence-corrected chi connectivity index (χ0v) is 17.8. The second kappa shape index (κ2) is 7.72. The molecule has 28 heavy (non-hydrogen) atoms. The van der Waals surface area contributed by atoms with Crippen LogP contribution >= 0.6 is 11.6 Å². The third-order valence-electron chi connectivity index (χ3n) is 4.81. The van der Waals surface area contributed by atoms with Gasteiger partial charge in [-0.25, -0.2) is 13.4 Å². The largest absolute Gasteiger partial charge is 0.367 e. The number of amides is 1. The van der Waals surface area contributed by atoms with Gasteiger partial charge in [-0.1, -0.05) is 17.7 Å². The average molecular weight is 422 g/mol. The summed E-state index contributed by atoms with van der Waals surface area (Å²) in [6.07, 6.45) is 1.59. The predicted molar refractivity (Wildman–Crippen MR) is 111 cm³/mol. The first-order chi connectivity index (χ1) is 13.1. The molecule has 0 N–H and O–H groups in total. The van der Waals surface area contributed by atoms with E-state index < -0.39 is 14.6 Å². The fourth-order valence-corrected chi connectivity index (χ4v) is 4.26. The molecule has 1 amide bonds. The van der Waals surface area contributed by atoms with Crippen LogP contribution in [0.15, 0.2) is 47.6 Å². The lowest BCUT2D eigenvalue weighted by Gasteiger charge is -2.36. The van der Waals surface area contributed by atoms with E-state index in [4.69, 9.17) is 11.6 Å². The molecule has 1 aromatic heterocycles. The fourth-order valence-electron chi connectivity index (χ4n) is 3.00. The molecule has 0 radical (unpaired) electrons. The van der Waals surface area contributed by atoms with Crippen LogP contribution in [0.3, 0.4) is 0 Å². The van der Waals surface area contributed by atoms with Gasteiger partial charge in [0.15, 0.2) is 14.9 Å². The molecule has 3 rings (SSSR count). The summed E-state index contributed by atoms with van der Waals surface area (Å²) in [5.41, 5.74) is 1.43. The number of carbonyl (C=O) groups is 1. The Balaban J connectivity index is 1.66. The zero-order chi connectivity index (χ0) is 20.5. The van der Waals surface area contributed by atoms with Crippen molar-refractivity contribution in [3.05, 3.63) is 53.2 Å². The summed E-state index contributed by atoms with van der Waals surface area (Å²) in [7, 11) is -3.47. The van der Waals surface area contributed by atoms with E-state index in [1.54, 1.807) is 68.3 Å². The van der Waals surface area contributed by atoms with E-state index in [1.165, 1.54) is 0 Å². The standard InChI is InChI=1S/C20H24ClN3O3S/c1-20(2,3)28(26,27)18-8-7-17(14-22-18)23-9-11-24(12-10-23)19(25)15-5-4-6-16(21)13-15/h4-8,13-14H,9-12H2,1-3H3. The lowest BCUT2D eigenvalue weighted by molar-refractivity contribution is 0.0746. The molecule has 1 fully saturated rings. The van der Waals surface area contributed by atoms with Crippen LogP contribution in [0.2, 0.25) is 5.02 Å². The molecule has 1 aromatic carbocycles. The Morgan fingerprint density at radius 2 is 1.75 bits per heavy atom. The van der Waals surface area contributed by atoms with Crippen LogP contribution in [0.25, 0.3) is 0 Å². The molecular formula is C20H24ClN3O3S. The van der Waals surface area contributed by atoms with Gasteiger partial charge in [-0.15, -0.1) is 0 Å². The van der Waals surface area contributed by atoms with Gasteiger partial charge in [-0.3, -0.25) is 4.79 Å². The predicted octanol–water partition coefficient (Wildman–Crippen LogP) is 3.27. The Bertz CT molecular complexity index is 961. The van der Waals surface area contributed by atoms with Gasteiger partial charge in [0.05, 0.1) is 16.6 Å². The first-order valence-electron chi connectivity index (χ1n) is 9.10. The van der Waals surface area contributed by atoms with Crippen molar-refractivity contribution in [1.29, 1.82) is 0 Å². The number of anilines is 1. The smallest absolute Gasteiger partial charge is 0.254 e. The fraction of sp³-hybridized carbons (Fsp3) is 0.400. The van der Waals surface area contributed by atoms with Gasteiger partial charge in [-0.05, 0) is 51.1 Å². The quantitative estimate of drug-likeness (QED) is 0.760. The molecule has 0 unspecified atom stereocenters. The van der Waals surface area contributed by atoms with Crippen molar-refractivity contribution < 1.29 is 13.2 Å². The van der Waals surface area contributed by atoms with Crippen molar-refractivity contribution in [1.82, 2.24) is 9.88 Å². The molecule has 8 heteroatoms. The maximum Gasteiger partial charge on any atom is 0.254 e. The summed E-state index contributed by atoms with van der Waals surface area (Å²) in [6.45, 7) is 7.44. The van der Waals surface area contributed by atoms with Gasteiger partial charge in [0, 0.05) is 36.8 Å².